The first kappa shape index (κ1) is 32.2. The molecule has 2 heterocycles. The molecule has 0 saturated carbocycles. The minimum Gasteiger partial charge on any atom is -0.388 e. The van der Waals surface area contributed by atoms with Gasteiger partial charge in [0.2, 0.25) is 0 Å². The van der Waals surface area contributed by atoms with Crippen molar-refractivity contribution in [2.75, 3.05) is 33.9 Å². The summed E-state index contributed by atoms with van der Waals surface area (Å²) in [6, 6.07) is 0.949. The largest absolute Gasteiger partial charge is 0.472 e. The maximum absolute atomic E-state index is 12.4. The molecule has 2 bridgehead atoms. The zero-order valence-electron chi connectivity index (χ0n) is 23.6. The number of rotatable bonds is 22. The molecule has 0 radical (unpaired) electrons. The van der Waals surface area contributed by atoms with Crippen molar-refractivity contribution in [2.24, 2.45) is 0 Å². The fourth-order valence-corrected chi connectivity index (χ4v) is 6.95. The fourth-order valence-electron chi connectivity index (χ4n) is 5.98. The van der Waals surface area contributed by atoms with Gasteiger partial charge >= 0.3 is 7.82 Å². The lowest BCUT2D eigenvalue weighted by Gasteiger charge is -2.44. The summed E-state index contributed by atoms with van der Waals surface area (Å²) in [6.45, 7) is 2.72. The zero-order chi connectivity index (χ0) is 26.3. The van der Waals surface area contributed by atoms with E-state index in [0.29, 0.717) is 18.7 Å². The minimum absolute atomic E-state index is 0.109. The molecule has 2 fully saturated rings. The van der Waals surface area contributed by atoms with Crippen LogP contribution in [0.3, 0.4) is 0 Å². The molecule has 36 heavy (non-hydrogen) atoms. The highest BCUT2D eigenvalue weighted by molar-refractivity contribution is 7.47. The summed E-state index contributed by atoms with van der Waals surface area (Å²) in [4.78, 5) is 10.1. The number of hydrogen-bond donors (Lipinski definition) is 2. The Morgan fingerprint density at radius 1 is 0.806 bits per heavy atom. The van der Waals surface area contributed by atoms with Gasteiger partial charge in [0.1, 0.15) is 6.10 Å². The molecule has 4 unspecified atom stereocenters. The van der Waals surface area contributed by atoms with E-state index in [2.05, 4.69) is 21.0 Å². The summed E-state index contributed by atoms with van der Waals surface area (Å²) in [6.07, 6.45) is 21.1. The second-order valence-electron chi connectivity index (χ2n) is 11.8. The molecule has 214 valence electrons. The molecule has 2 N–H and O–H groups in total. The lowest BCUT2D eigenvalue weighted by molar-refractivity contribution is -0.931. The second-order valence-corrected chi connectivity index (χ2v) is 13.2. The first-order valence-electron chi connectivity index (χ1n) is 15.0. The third-order valence-electron chi connectivity index (χ3n) is 8.45. The molecule has 7 nitrogen and oxygen atoms in total. The highest BCUT2D eigenvalue weighted by Gasteiger charge is 2.50. The van der Waals surface area contributed by atoms with Crippen molar-refractivity contribution in [3.8, 4) is 0 Å². The quantitative estimate of drug-likeness (QED) is 0.0908. The maximum atomic E-state index is 12.4. The van der Waals surface area contributed by atoms with Crippen LogP contribution >= 0.6 is 7.82 Å². The van der Waals surface area contributed by atoms with Gasteiger partial charge in [0.25, 0.3) is 0 Å². The van der Waals surface area contributed by atoms with Gasteiger partial charge in [-0.05, 0) is 6.42 Å². The van der Waals surface area contributed by atoms with E-state index in [1.165, 1.54) is 77.0 Å². The van der Waals surface area contributed by atoms with Crippen LogP contribution in [0.1, 0.15) is 122 Å². The number of hydrogen-bond acceptors (Lipinski definition) is 5. The monoisotopic (exact) mass is 534 g/mol. The number of fused-ring (bicyclic) bond motifs is 2. The molecule has 0 amide bonds. The Morgan fingerprint density at radius 3 is 1.78 bits per heavy atom. The van der Waals surface area contributed by atoms with Crippen LogP contribution in [-0.2, 0) is 18.3 Å². The summed E-state index contributed by atoms with van der Waals surface area (Å²) in [7, 11) is 0.297. The highest BCUT2D eigenvalue weighted by Crippen LogP contribution is 2.49. The van der Waals surface area contributed by atoms with Crippen LogP contribution in [0.4, 0.5) is 0 Å². The SMILES string of the molecule is CCCCCCCCCCCCCCCCOCC(O)COP(=O)(O)OC1CC2CCC(C1)[N+]2(C)C. The number of phosphoric ester groups is 1. The van der Waals surface area contributed by atoms with Gasteiger partial charge in [-0.1, -0.05) is 90.4 Å². The third kappa shape index (κ3) is 12.7. The smallest absolute Gasteiger partial charge is 0.388 e. The first-order valence-corrected chi connectivity index (χ1v) is 16.5. The molecule has 0 aromatic carbocycles. The Bertz CT molecular complexity index is 603. The Labute approximate surface area is 221 Å². The molecule has 8 heteroatoms. The number of unbranched alkanes of at least 4 members (excludes halogenated alkanes) is 13. The molecule has 0 aromatic rings. The summed E-state index contributed by atoms with van der Waals surface area (Å²) in [5, 5.41) is 10.1. The zero-order valence-corrected chi connectivity index (χ0v) is 24.5. The van der Waals surface area contributed by atoms with Gasteiger partial charge in [-0.3, -0.25) is 9.05 Å². The van der Waals surface area contributed by atoms with E-state index < -0.39 is 13.9 Å². The van der Waals surface area contributed by atoms with Crippen molar-refractivity contribution in [2.45, 2.75) is 147 Å². The first-order chi connectivity index (χ1) is 17.2. The number of ether oxygens (including phenoxy) is 1. The lowest BCUT2D eigenvalue weighted by atomic mass is 9.98. The summed E-state index contributed by atoms with van der Waals surface area (Å²) < 4.78 is 29.4. The molecule has 2 aliphatic rings. The van der Waals surface area contributed by atoms with Crippen molar-refractivity contribution in [3.63, 3.8) is 0 Å². The third-order valence-corrected chi connectivity index (χ3v) is 9.49. The average molecular weight is 535 g/mol. The van der Waals surface area contributed by atoms with Gasteiger partial charge in [0.05, 0.1) is 45.5 Å². The van der Waals surface area contributed by atoms with Crippen LogP contribution < -0.4 is 0 Å². The molecule has 0 spiro atoms. The van der Waals surface area contributed by atoms with E-state index in [1.807, 2.05) is 0 Å². The van der Waals surface area contributed by atoms with E-state index >= 15 is 0 Å². The number of aliphatic hydroxyl groups excluding tert-OH is 1. The van der Waals surface area contributed by atoms with Crippen LogP contribution in [0, 0.1) is 0 Å². The van der Waals surface area contributed by atoms with Gasteiger partial charge in [-0.2, -0.15) is 0 Å². The van der Waals surface area contributed by atoms with Crippen molar-refractivity contribution in [1.29, 1.82) is 0 Å². The average Bonchev–Trinajstić information content (AvgIpc) is 2.98. The van der Waals surface area contributed by atoms with E-state index in [9.17, 15) is 14.6 Å². The molecule has 4 atom stereocenters. The van der Waals surface area contributed by atoms with Gasteiger partial charge < -0.3 is 19.2 Å². The summed E-state index contributed by atoms with van der Waals surface area (Å²) in [5.41, 5.74) is 0. The minimum atomic E-state index is -4.18. The predicted octanol–water partition coefficient (Wildman–Crippen LogP) is 6.75. The molecular formula is C28H57NO6P+. The molecular weight excluding hydrogens is 477 g/mol. The Kier molecular flexibility index (Phi) is 15.7. The fraction of sp³-hybridized carbons (Fsp3) is 1.00. The van der Waals surface area contributed by atoms with Crippen LogP contribution in [0.5, 0.6) is 0 Å². The van der Waals surface area contributed by atoms with E-state index in [4.69, 9.17) is 13.8 Å². The number of phosphoric acid groups is 1. The van der Waals surface area contributed by atoms with Crippen LogP contribution in [0.25, 0.3) is 0 Å². The topological polar surface area (TPSA) is 85.2 Å². The van der Waals surface area contributed by atoms with Gasteiger partial charge in [0.15, 0.2) is 0 Å². The summed E-state index contributed by atoms with van der Waals surface area (Å²) >= 11 is 0. The highest BCUT2D eigenvalue weighted by atomic mass is 31.2. The number of quaternary nitrogens is 1. The van der Waals surface area contributed by atoms with Crippen molar-refractivity contribution < 1.29 is 32.8 Å². The van der Waals surface area contributed by atoms with E-state index in [0.717, 1.165) is 43.0 Å². The van der Waals surface area contributed by atoms with Crippen LogP contribution in [0.15, 0.2) is 0 Å². The molecule has 0 aliphatic carbocycles. The maximum Gasteiger partial charge on any atom is 0.472 e. The van der Waals surface area contributed by atoms with Crippen molar-refractivity contribution in [3.05, 3.63) is 0 Å². The van der Waals surface area contributed by atoms with Crippen molar-refractivity contribution >= 4 is 7.82 Å². The predicted molar refractivity (Wildman–Crippen MR) is 146 cm³/mol. The van der Waals surface area contributed by atoms with Crippen molar-refractivity contribution in [1.82, 2.24) is 0 Å². The van der Waals surface area contributed by atoms with E-state index in [1.54, 1.807) is 0 Å². The Hall–Kier alpha value is -0.0100. The Morgan fingerprint density at radius 2 is 1.28 bits per heavy atom. The van der Waals surface area contributed by atoms with Gasteiger partial charge in [-0.25, -0.2) is 4.57 Å². The molecule has 2 rings (SSSR count). The second kappa shape index (κ2) is 17.6. The lowest BCUT2D eigenvalue weighted by Crippen LogP contribution is -2.55. The van der Waals surface area contributed by atoms with Crippen LogP contribution in [0.2, 0.25) is 0 Å². The number of nitrogens with zero attached hydrogens (tertiary/aromatic N) is 1. The molecule has 0 aromatic heterocycles. The number of piperidine rings is 1. The van der Waals surface area contributed by atoms with E-state index in [-0.39, 0.29) is 19.3 Å². The molecule has 2 aliphatic heterocycles. The molecule has 2 saturated heterocycles. The van der Waals surface area contributed by atoms with Gasteiger partial charge in [0, 0.05) is 32.3 Å². The normalized spacial score (nSPS) is 25.6. The van der Waals surface area contributed by atoms with Gasteiger partial charge in [-0.15, -0.1) is 0 Å². The standard InChI is InChI=1S/C28H56NO6P/c1-4-5-6-7-8-9-10-11-12-13-14-15-16-17-20-33-23-27(30)24-34-36(31,32)35-28-21-25-18-19-26(22-28)29(25,2)3/h25-28,30H,4-24H2,1-3H3/p+1. The number of aliphatic hydroxyl groups is 1. The Balaban J connectivity index is 1.38. The summed E-state index contributed by atoms with van der Waals surface area (Å²) in [5.74, 6) is 0. The van der Waals surface area contributed by atoms with Crippen LogP contribution in [-0.4, -0.2) is 72.7 Å².